The molecule has 1 aliphatic rings. The predicted octanol–water partition coefficient (Wildman–Crippen LogP) is 5.42. The number of terminal acetylenes is 1. The summed E-state index contributed by atoms with van der Waals surface area (Å²) in [6.45, 7) is 0. The van der Waals surface area contributed by atoms with Crippen LogP contribution < -0.4 is 0 Å². The Morgan fingerprint density at radius 2 is 2.09 bits per heavy atom. The third-order valence-electron chi connectivity index (χ3n) is 4.29. The maximum Gasteiger partial charge on any atom is 0.0924 e. The van der Waals surface area contributed by atoms with E-state index in [9.17, 15) is 0 Å². The van der Waals surface area contributed by atoms with Crippen LogP contribution >= 0.6 is 22.7 Å². The number of aryl methyl sites for hydroxylation is 1. The number of rotatable bonds is 1. The van der Waals surface area contributed by atoms with E-state index >= 15 is 0 Å². The molecule has 0 bridgehead atoms. The molecule has 0 fully saturated rings. The first-order chi connectivity index (χ1) is 10.8. The molecule has 0 spiro atoms. The summed E-state index contributed by atoms with van der Waals surface area (Å²) in [5, 5.41) is 5.56. The molecule has 0 saturated heterocycles. The van der Waals surface area contributed by atoms with E-state index in [0.29, 0.717) is 5.92 Å². The first-order valence-electron chi connectivity index (χ1n) is 7.38. The van der Waals surface area contributed by atoms with E-state index in [1.165, 1.54) is 34.1 Å². The normalized spacial score (nSPS) is 16.0. The Morgan fingerprint density at radius 1 is 1.18 bits per heavy atom. The number of thiophene rings is 2. The Bertz CT molecular complexity index is 937. The van der Waals surface area contributed by atoms with E-state index in [1.807, 2.05) is 22.8 Å². The SMILES string of the molecule is C#Cc1ccsc1C#CCC1CCc2cc3sccc3cc21. The molecule has 0 amide bonds. The van der Waals surface area contributed by atoms with Gasteiger partial charge in [0.15, 0.2) is 0 Å². The topological polar surface area (TPSA) is 0 Å². The summed E-state index contributed by atoms with van der Waals surface area (Å²) in [7, 11) is 0. The Balaban J connectivity index is 1.58. The van der Waals surface area contributed by atoms with Crippen molar-refractivity contribution in [3.8, 4) is 24.2 Å². The number of fused-ring (bicyclic) bond motifs is 2. The second kappa shape index (κ2) is 5.65. The molecule has 0 radical (unpaired) electrons. The van der Waals surface area contributed by atoms with E-state index in [-0.39, 0.29) is 0 Å². The Kier molecular flexibility index (Phi) is 3.51. The third kappa shape index (κ3) is 2.35. The smallest absolute Gasteiger partial charge is 0.0924 e. The molecule has 0 nitrogen and oxygen atoms in total. The summed E-state index contributed by atoms with van der Waals surface area (Å²) in [4.78, 5) is 1.02. The van der Waals surface area contributed by atoms with Gasteiger partial charge >= 0.3 is 0 Å². The van der Waals surface area contributed by atoms with Crippen LogP contribution in [0, 0.1) is 24.2 Å². The fourth-order valence-electron chi connectivity index (χ4n) is 3.14. The van der Waals surface area contributed by atoms with Crippen molar-refractivity contribution in [2.45, 2.75) is 25.2 Å². The van der Waals surface area contributed by atoms with Crippen LogP contribution in [-0.2, 0) is 6.42 Å². The number of hydrogen-bond acceptors (Lipinski definition) is 2. The average molecular weight is 318 g/mol. The molecule has 0 N–H and O–H groups in total. The minimum atomic E-state index is 0.570. The van der Waals surface area contributed by atoms with Crippen LogP contribution in [0.3, 0.4) is 0 Å². The van der Waals surface area contributed by atoms with E-state index in [4.69, 9.17) is 6.42 Å². The van der Waals surface area contributed by atoms with Crippen LogP contribution in [0.5, 0.6) is 0 Å². The third-order valence-corrected chi connectivity index (χ3v) is 6.00. The molecule has 2 heterocycles. The van der Waals surface area contributed by atoms with Gasteiger partial charge < -0.3 is 0 Å². The fraction of sp³-hybridized carbons (Fsp3) is 0.200. The molecule has 1 aromatic carbocycles. The number of hydrogen-bond donors (Lipinski definition) is 0. The van der Waals surface area contributed by atoms with Crippen molar-refractivity contribution >= 4 is 32.8 Å². The zero-order valence-corrected chi connectivity index (χ0v) is 13.7. The predicted molar refractivity (Wildman–Crippen MR) is 96.6 cm³/mol. The highest BCUT2D eigenvalue weighted by molar-refractivity contribution is 7.17. The highest BCUT2D eigenvalue weighted by Gasteiger charge is 2.22. The van der Waals surface area contributed by atoms with Crippen LogP contribution in [0.15, 0.2) is 35.0 Å². The molecular weight excluding hydrogens is 304 g/mol. The minimum absolute atomic E-state index is 0.570. The Morgan fingerprint density at radius 3 is 3.00 bits per heavy atom. The van der Waals surface area contributed by atoms with Crippen LogP contribution in [0.1, 0.15) is 40.3 Å². The molecule has 1 aliphatic carbocycles. The zero-order chi connectivity index (χ0) is 14.9. The molecule has 2 aromatic heterocycles. The Labute approximate surface area is 138 Å². The zero-order valence-electron chi connectivity index (χ0n) is 12.1. The maximum atomic E-state index is 5.48. The van der Waals surface area contributed by atoms with Gasteiger partial charge in [-0.2, -0.15) is 0 Å². The van der Waals surface area contributed by atoms with Crippen LogP contribution in [0.2, 0.25) is 0 Å². The second-order valence-electron chi connectivity index (χ2n) is 5.56. The lowest BCUT2D eigenvalue weighted by Crippen LogP contribution is -1.91. The monoisotopic (exact) mass is 318 g/mol. The number of benzene rings is 1. The summed E-state index contributed by atoms with van der Waals surface area (Å²) >= 11 is 3.46. The lowest BCUT2D eigenvalue weighted by Gasteiger charge is -2.07. The fourth-order valence-corrected chi connectivity index (χ4v) is 4.70. The maximum absolute atomic E-state index is 5.48. The largest absolute Gasteiger partial charge is 0.144 e. The van der Waals surface area contributed by atoms with Crippen molar-refractivity contribution in [3.05, 3.63) is 56.6 Å². The molecule has 106 valence electrons. The van der Waals surface area contributed by atoms with Crippen molar-refractivity contribution in [1.82, 2.24) is 0 Å². The summed E-state index contributed by atoms with van der Waals surface area (Å²) < 4.78 is 1.41. The van der Waals surface area contributed by atoms with Gasteiger partial charge in [-0.05, 0) is 70.3 Å². The Hall–Kier alpha value is -2.00. The molecule has 22 heavy (non-hydrogen) atoms. The molecule has 2 heteroatoms. The molecule has 1 unspecified atom stereocenters. The lowest BCUT2D eigenvalue weighted by molar-refractivity contribution is 0.699. The van der Waals surface area contributed by atoms with Crippen molar-refractivity contribution in [1.29, 1.82) is 0 Å². The lowest BCUT2D eigenvalue weighted by atomic mass is 9.97. The molecule has 0 saturated carbocycles. The standard InChI is InChI=1S/C20H14S2/c1-2-14-8-10-21-19(14)5-3-4-15-6-7-16-13-20-17(9-11-22-20)12-18(15)16/h1,8-13,15H,4,6-7H2. The minimum Gasteiger partial charge on any atom is -0.144 e. The van der Waals surface area contributed by atoms with Crippen molar-refractivity contribution in [2.75, 3.05) is 0 Å². The highest BCUT2D eigenvalue weighted by atomic mass is 32.1. The summed E-state index contributed by atoms with van der Waals surface area (Å²) in [5.74, 6) is 9.88. The van der Waals surface area contributed by atoms with Gasteiger partial charge in [0.25, 0.3) is 0 Å². The van der Waals surface area contributed by atoms with Gasteiger partial charge in [0, 0.05) is 11.1 Å². The van der Waals surface area contributed by atoms with E-state index in [0.717, 1.165) is 16.9 Å². The van der Waals surface area contributed by atoms with Gasteiger partial charge in [0.1, 0.15) is 0 Å². The van der Waals surface area contributed by atoms with Crippen LogP contribution in [-0.4, -0.2) is 0 Å². The van der Waals surface area contributed by atoms with Crippen LogP contribution in [0.25, 0.3) is 10.1 Å². The summed E-state index contributed by atoms with van der Waals surface area (Å²) in [5.41, 5.74) is 3.94. The van der Waals surface area contributed by atoms with Crippen molar-refractivity contribution < 1.29 is 0 Å². The first-order valence-corrected chi connectivity index (χ1v) is 9.14. The molecule has 4 rings (SSSR count). The van der Waals surface area contributed by atoms with E-state index in [2.05, 4.69) is 41.3 Å². The van der Waals surface area contributed by atoms with Gasteiger partial charge in [-0.25, -0.2) is 0 Å². The molecule has 0 aliphatic heterocycles. The second-order valence-corrected chi connectivity index (χ2v) is 7.42. The average Bonchev–Trinajstić information content (AvgIpc) is 3.24. The summed E-state index contributed by atoms with van der Waals surface area (Å²) in [6, 6.07) is 8.93. The van der Waals surface area contributed by atoms with E-state index < -0.39 is 0 Å². The van der Waals surface area contributed by atoms with Crippen molar-refractivity contribution in [3.63, 3.8) is 0 Å². The quantitative estimate of drug-likeness (QED) is 0.526. The molecule has 1 atom stereocenters. The van der Waals surface area contributed by atoms with Gasteiger partial charge in [0.2, 0.25) is 0 Å². The first kappa shape index (κ1) is 13.6. The van der Waals surface area contributed by atoms with Gasteiger partial charge in [-0.1, -0.05) is 17.8 Å². The molecule has 3 aromatic rings. The van der Waals surface area contributed by atoms with Crippen LogP contribution in [0.4, 0.5) is 0 Å². The van der Waals surface area contributed by atoms with Crippen molar-refractivity contribution in [2.24, 2.45) is 0 Å². The van der Waals surface area contributed by atoms with Gasteiger partial charge in [0.05, 0.1) is 10.4 Å². The summed E-state index contributed by atoms with van der Waals surface area (Å²) in [6.07, 6.45) is 8.81. The van der Waals surface area contributed by atoms with Gasteiger partial charge in [-0.3, -0.25) is 0 Å². The van der Waals surface area contributed by atoms with Gasteiger partial charge in [-0.15, -0.1) is 29.1 Å². The van der Waals surface area contributed by atoms with E-state index in [1.54, 1.807) is 11.3 Å². The highest BCUT2D eigenvalue weighted by Crippen LogP contribution is 2.38. The molecular formula is C20H14S2.